The fourth-order valence-electron chi connectivity index (χ4n) is 2.77. The molecular formula is C16H18O5. The monoisotopic (exact) mass is 290 g/mol. The first-order chi connectivity index (χ1) is 10.0. The van der Waals surface area contributed by atoms with Gasteiger partial charge in [0.15, 0.2) is 5.41 Å². The Hall–Kier alpha value is -1.88. The SMILES string of the molecule is Cc1ccccc1[C@H]1OCC[C@@H]1OC(=O)C1(C(=O)O)CC1. The standard InChI is InChI=1S/C16H18O5/c1-10-4-2-3-5-11(10)13-12(6-9-20-13)21-15(19)16(7-8-16)14(17)18/h2-5,12-13H,6-9H2,1H3,(H,17,18)/t12-,13+/m0/s1. The maximum atomic E-state index is 12.1. The van der Waals surface area contributed by atoms with Crippen LogP contribution < -0.4 is 0 Å². The number of hydrogen-bond donors (Lipinski definition) is 1. The Balaban J connectivity index is 1.75. The van der Waals surface area contributed by atoms with Crippen molar-refractivity contribution in [2.45, 2.75) is 38.4 Å². The molecule has 112 valence electrons. The third kappa shape index (κ3) is 2.42. The van der Waals surface area contributed by atoms with Crippen LogP contribution in [0, 0.1) is 12.3 Å². The van der Waals surface area contributed by atoms with E-state index in [2.05, 4.69) is 0 Å². The number of aryl methyl sites for hydroxylation is 1. The minimum Gasteiger partial charge on any atom is -0.480 e. The molecule has 1 aromatic carbocycles. The predicted molar refractivity (Wildman–Crippen MR) is 73.7 cm³/mol. The lowest BCUT2D eigenvalue weighted by molar-refractivity contribution is -0.166. The summed E-state index contributed by atoms with van der Waals surface area (Å²) >= 11 is 0. The molecule has 1 aromatic rings. The summed E-state index contributed by atoms with van der Waals surface area (Å²) in [6.45, 7) is 2.49. The normalized spacial score (nSPS) is 26.3. The van der Waals surface area contributed by atoms with Crippen LogP contribution in [0.3, 0.4) is 0 Å². The first-order valence-electron chi connectivity index (χ1n) is 7.16. The molecule has 0 amide bonds. The van der Waals surface area contributed by atoms with Gasteiger partial charge >= 0.3 is 11.9 Å². The molecule has 1 aliphatic heterocycles. The Morgan fingerprint density at radius 2 is 2.05 bits per heavy atom. The molecular weight excluding hydrogens is 272 g/mol. The van der Waals surface area contributed by atoms with E-state index in [0.717, 1.165) is 11.1 Å². The predicted octanol–water partition coefficient (Wildman–Crippen LogP) is 2.23. The highest BCUT2D eigenvalue weighted by Crippen LogP contribution is 2.48. The molecule has 1 N–H and O–H groups in total. The molecule has 3 rings (SSSR count). The molecule has 0 aromatic heterocycles. The molecule has 0 spiro atoms. The molecule has 1 saturated heterocycles. The molecule has 0 unspecified atom stereocenters. The summed E-state index contributed by atoms with van der Waals surface area (Å²) < 4.78 is 11.2. The summed E-state index contributed by atoms with van der Waals surface area (Å²) in [5, 5.41) is 9.14. The van der Waals surface area contributed by atoms with Crippen molar-refractivity contribution in [3.05, 3.63) is 35.4 Å². The zero-order valence-electron chi connectivity index (χ0n) is 11.9. The van der Waals surface area contributed by atoms with Crippen molar-refractivity contribution in [1.82, 2.24) is 0 Å². The van der Waals surface area contributed by atoms with Crippen LogP contribution in [0.1, 0.15) is 36.5 Å². The number of aliphatic carboxylic acids is 1. The van der Waals surface area contributed by atoms with E-state index in [0.29, 0.717) is 25.9 Å². The van der Waals surface area contributed by atoms with Gasteiger partial charge in [0, 0.05) is 6.42 Å². The van der Waals surface area contributed by atoms with Gasteiger partial charge in [-0.25, -0.2) is 0 Å². The summed E-state index contributed by atoms with van der Waals surface area (Å²) in [6, 6.07) is 7.80. The lowest BCUT2D eigenvalue weighted by Gasteiger charge is -2.22. The van der Waals surface area contributed by atoms with Crippen LogP contribution in [-0.2, 0) is 19.1 Å². The highest BCUT2D eigenvalue weighted by Gasteiger charge is 2.59. The second-order valence-corrected chi connectivity index (χ2v) is 5.77. The van der Waals surface area contributed by atoms with Crippen LogP contribution in [0.2, 0.25) is 0 Å². The second kappa shape index (κ2) is 5.15. The fraction of sp³-hybridized carbons (Fsp3) is 0.500. The molecule has 1 heterocycles. The van der Waals surface area contributed by atoms with Gasteiger partial charge in [0.2, 0.25) is 0 Å². The van der Waals surface area contributed by atoms with Crippen molar-refractivity contribution >= 4 is 11.9 Å². The van der Waals surface area contributed by atoms with Crippen LogP contribution in [0.25, 0.3) is 0 Å². The fourth-order valence-corrected chi connectivity index (χ4v) is 2.77. The van der Waals surface area contributed by atoms with Crippen LogP contribution in [0.15, 0.2) is 24.3 Å². The molecule has 5 nitrogen and oxygen atoms in total. The van der Waals surface area contributed by atoms with Crippen LogP contribution in [0.4, 0.5) is 0 Å². The summed E-state index contributed by atoms with van der Waals surface area (Å²) in [5.74, 6) is -1.71. The average Bonchev–Trinajstić information content (AvgIpc) is 3.16. The quantitative estimate of drug-likeness (QED) is 0.680. The molecule has 0 radical (unpaired) electrons. The van der Waals surface area contributed by atoms with Gasteiger partial charge in [-0.2, -0.15) is 0 Å². The maximum absolute atomic E-state index is 12.1. The molecule has 1 aliphatic carbocycles. The summed E-state index contributed by atoms with van der Waals surface area (Å²) in [7, 11) is 0. The zero-order valence-corrected chi connectivity index (χ0v) is 11.9. The van der Waals surface area contributed by atoms with E-state index in [4.69, 9.17) is 14.6 Å². The van der Waals surface area contributed by atoms with Gasteiger partial charge in [-0.05, 0) is 30.9 Å². The number of carbonyl (C=O) groups excluding carboxylic acids is 1. The number of carbonyl (C=O) groups is 2. The van der Waals surface area contributed by atoms with Gasteiger partial charge in [0.1, 0.15) is 12.2 Å². The van der Waals surface area contributed by atoms with Crippen molar-refractivity contribution < 1.29 is 24.2 Å². The molecule has 2 fully saturated rings. The molecule has 1 saturated carbocycles. The van der Waals surface area contributed by atoms with Crippen molar-refractivity contribution in [2.24, 2.45) is 5.41 Å². The number of carboxylic acids is 1. The van der Waals surface area contributed by atoms with E-state index in [1.165, 1.54) is 0 Å². The van der Waals surface area contributed by atoms with Crippen LogP contribution in [0.5, 0.6) is 0 Å². The van der Waals surface area contributed by atoms with Gasteiger partial charge in [-0.3, -0.25) is 9.59 Å². The van der Waals surface area contributed by atoms with Crippen molar-refractivity contribution in [3.8, 4) is 0 Å². The number of rotatable bonds is 4. The van der Waals surface area contributed by atoms with Crippen molar-refractivity contribution in [1.29, 1.82) is 0 Å². The third-order valence-electron chi connectivity index (χ3n) is 4.34. The number of benzene rings is 1. The van der Waals surface area contributed by atoms with E-state index in [-0.39, 0.29) is 6.10 Å². The Labute approximate surface area is 122 Å². The third-order valence-corrected chi connectivity index (χ3v) is 4.34. The Morgan fingerprint density at radius 3 is 2.67 bits per heavy atom. The first kappa shape index (κ1) is 14.1. The van der Waals surface area contributed by atoms with Gasteiger partial charge < -0.3 is 14.6 Å². The molecule has 0 bridgehead atoms. The second-order valence-electron chi connectivity index (χ2n) is 5.77. The van der Waals surface area contributed by atoms with Crippen LogP contribution >= 0.6 is 0 Å². The minimum absolute atomic E-state index is 0.306. The highest BCUT2D eigenvalue weighted by atomic mass is 16.6. The van der Waals surface area contributed by atoms with Crippen molar-refractivity contribution in [3.63, 3.8) is 0 Å². The zero-order chi connectivity index (χ0) is 15.0. The van der Waals surface area contributed by atoms with E-state index in [9.17, 15) is 9.59 Å². The minimum atomic E-state index is -1.31. The van der Waals surface area contributed by atoms with Gasteiger partial charge in [0.25, 0.3) is 0 Å². The highest BCUT2D eigenvalue weighted by molar-refractivity contribution is 6.02. The Kier molecular flexibility index (Phi) is 3.45. The maximum Gasteiger partial charge on any atom is 0.323 e. The molecule has 2 atom stereocenters. The molecule has 5 heteroatoms. The van der Waals surface area contributed by atoms with E-state index in [1.54, 1.807) is 0 Å². The topological polar surface area (TPSA) is 72.8 Å². The number of hydrogen-bond acceptors (Lipinski definition) is 4. The summed E-state index contributed by atoms with van der Waals surface area (Å²) in [6.07, 6.45) is 0.615. The number of ether oxygens (including phenoxy) is 2. The lowest BCUT2D eigenvalue weighted by atomic mass is 9.99. The van der Waals surface area contributed by atoms with Crippen molar-refractivity contribution in [2.75, 3.05) is 6.61 Å². The molecule has 2 aliphatic rings. The Bertz CT molecular complexity index is 576. The summed E-state index contributed by atoms with van der Waals surface area (Å²) in [5.41, 5.74) is 0.761. The van der Waals surface area contributed by atoms with Gasteiger partial charge in [0.05, 0.1) is 6.61 Å². The summed E-state index contributed by atoms with van der Waals surface area (Å²) in [4.78, 5) is 23.3. The Morgan fingerprint density at radius 1 is 1.33 bits per heavy atom. The lowest BCUT2D eigenvalue weighted by Crippen LogP contribution is -2.32. The van der Waals surface area contributed by atoms with Gasteiger partial charge in [-0.15, -0.1) is 0 Å². The van der Waals surface area contributed by atoms with Crippen LogP contribution in [-0.4, -0.2) is 29.8 Å². The number of esters is 1. The van der Waals surface area contributed by atoms with E-state index >= 15 is 0 Å². The first-order valence-corrected chi connectivity index (χ1v) is 7.16. The average molecular weight is 290 g/mol. The van der Waals surface area contributed by atoms with E-state index in [1.807, 2.05) is 31.2 Å². The number of carboxylic acid groups (broad SMARTS) is 1. The molecule has 21 heavy (non-hydrogen) atoms. The largest absolute Gasteiger partial charge is 0.480 e. The van der Waals surface area contributed by atoms with Gasteiger partial charge in [-0.1, -0.05) is 24.3 Å². The smallest absolute Gasteiger partial charge is 0.323 e. The van der Waals surface area contributed by atoms with E-state index < -0.39 is 23.5 Å².